The van der Waals surface area contributed by atoms with E-state index in [-0.39, 0.29) is 20.4 Å². The zero-order valence-electron chi connectivity index (χ0n) is 6.83. The Kier molecular flexibility index (Phi) is 3.91. The van der Waals surface area contributed by atoms with E-state index < -0.39 is 10.0 Å². The van der Waals surface area contributed by atoms with Crippen LogP contribution in [0.2, 0.25) is 9.62 Å². The molecule has 1 heterocycles. The van der Waals surface area contributed by atoms with Crippen LogP contribution in [0.25, 0.3) is 0 Å². The molecule has 0 saturated carbocycles. The van der Waals surface area contributed by atoms with Gasteiger partial charge >= 0.3 is 0 Å². The molecule has 0 amide bonds. The van der Waals surface area contributed by atoms with Crippen molar-refractivity contribution >= 4 is 44.6 Å². The van der Waals surface area contributed by atoms with Crippen LogP contribution < -0.4 is 4.72 Å². The number of rotatable bonds is 4. The van der Waals surface area contributed by atoms with Crippen molar-refractivity contribution < 1.29 is 8.42 Å². The molecule has 14 heavy (non-hydrogen) atoms. The maximum absolute atomic E-state index is 11.5. The Labute approximate surface area is 95.6 Å². The van der Waals surface area contributed by atoms with E-state index >= 15 is 0 Å². The zero-order valence-corrected chi connectivity index (χ0v) is 9.97. The van der Waals surface area contributed by atoms with E-state index in [1.54, 1.807) is 0 Å². The second kappa shape index (κ2) is 4.59. The first-order valence-corrected chi connectivity index (χ1v) is 6.45. The summed E-state index contributed by atoms with van der Waals surface area (Å²) in [5, 5.41) is -0.114. The van der Waals surface area contributed by atoms with Crippen molar-refractivity contribution in [3.63, 3.8) is 0 Å². The Morgan fingerprint density at radius 3 is 2.64 bits per heavy atom. The molecular formula is C6H6Cl2N2O2S2. The van der Waals surface area contributed by atoms with Crippen molar-refractivity contribution in [3.05, 3.63) is 22.3 Å². The van der Waals surface area contributed by atoms with Crippen LogP contribution in [0.5, 0.6) is 0 Å². The Balaban J connectivity index is 3.03. The number of hydrogen-bond acceptors (Lipinski definition) is 4. The summed E-state index contributed by atoms with van der Waals surface area (Å²) >= 11 is 11.9. The molecule has 0 atom stereocenters. The van der Waals surface area contributed by atoms with E-state index in [1.807, 2.05) is 0 Å². The van der Waals surface area contributed by atoms with Gasteiger partial charge in [-0.05, 0) is 0 Å². The fraction of sp³-hybridized carbons (Fsp3) is 0.167. The van der Waals surface area contributed by atoms with E-state index in [0.29, 0.717) is 0 Å². The summed E-state index contributed by atoms with van der Waals surface area (Å²) in [5.74, 6) is 0. The van der Waals surface area contributed by atoms with Crippen LogP contribution in [0, 0.1) is 0 Å². The SMILES string of the molecule is C=CCNS(=O)(=O)c1sc(Cl)nc1Cl. The summed E-state index contributed by atoms with van der Waals surface area (Å²) in [5.41, 5.74) is 0. The van der Waals surface area contributed by atoms with Gasteiger partial charge in [0.05, 0.1) is 0 Å². The average Bonchev–Trinajstić information content (AvgIpc) is 2.42. The monoisotopic (exact) mass is 272 g/mol. The van der Waals surface area contributed by atoms with Gasteiger partial charge in [0.2, 0.25) is 0 Å². The van der Waals surface area contributed by atoms with Crippen molar-refractivity contribution in [3.8, 4) is 0 Å². The van der Waals surface area contributed by atoms with Crippen LogP contribution in [-0.2, 0) is 10.0 Å². The van der Waals surface area contributed by atoms with Gasteiger partial charge in [-0.3, -0.25) is 0 Å². The highest BCUT2D eigenvalue weighted by Crippen LogP contribution is 2.30. The van der Waals surface area contributed by atoms with Crippen LogP contribution >= 0.6 is 34.5 Å². The highest BCUT2D eigenvalue weighted by atomic mass is 35.5. The Morgan fingerprint density at radius 2 is 2.21 bits per heavy atom. The maximum atomic E-state index is 11.5. The first kappa shape index (κ1) is 11.9. The molecule has 0 fully saturated rings. The molecule has 8 heteroatoms. The number of hydrogen-bond donors (Lipinski definition) is 1. The van der Waals surface area contributed by atoms with Gasteiger partial charge in [0.15, 0.2) is 13.8 Å². The lowest BCUT2D eigenvalue weighted by Gasteiger charge is -2.00. The van der Waals surface area contributed by atoms with Crippen LogP contribution in [0.3, 0.4) is 0 Å². The van der Waals surface area contributed by atoms with Crippen molar-refractivity contribution in [2.75, 3.05) is 6.54 Å². The number of halogens is 2. The third-order valence-electron chi connectivity index (χ3n) is 1.19. The third kappa shape index (κ3) is 2.68. The minimum Gasteiger partial charge on any atom is -0.211 e. The van der Waals surface area contributed by atoms with Gasteiger partial charge in [0, 0.05) is 6.54 Å². The molecule has 0 aliphatic rings. The largest absolute Gasteiger partial charge is 0.253 e. The maximum Gasteiger partial charge on any atom is 0.253 e. The molecule has 0 bridgehead atoms. The van der Waals surface area contributed by atoms with Gasteiger partial charge in [0.25, 0.3) is 10.0 Å². The van der Waals surface area contributed by atoms with Gasteiger partial charge in [-0.15, -0.1) is 6.58 Å². The van der Waals surface area contributed by atoms with Gasteiger partial charge < -0.3 is 0 Å². The number of nitrogens with zero attached hydrogens (tertiary/aromatic N) is 1. The summed E-state index contributed by atoms with van der Waals surface area (Å²) in [4.78, 5) is 3.59. The van der Waals surface area contributed by atoms with Crippen molar-refractivity contribution in [1.29, 1.82) is 0 Å². The standard InChI is InChI=1S/C6H6Cl2N2O2S2/c1-2-3-9-14(11,12)5-4(7)10-6(8)13-5/h2,9H,1,3H2. The van der Waals surface area contributed by atoms with Gasteiger partial charge in [0.1, 0.15) is 0 Å². The lowest BCUT2D eigenvalue weighted by molar-refractivity contribution is 0.587. The van der Waals surface area contributed by atoms with Crippen LogP contribution in [0.4, 0.5) is 0 Å². The molecule has 1 N–H and O–H groups in total. The van der Waals surface area contributed by atoms with E-state index in [4.69, 9.17) is 23.2 Å². The van der Waals surface area contributed by atoms with Crippen LogP contribution in [0.15, 0.2) is 16.9 Å². The minimum atomic E-state index is -3.61. The first-order chi connectivity index (χ1) is 6.47. The van der Waals surface area contributed by atoms with Gasteiger partial charge in [-0.25, -0.2) is 18.1 Å². The second-order valence-electron chi connectivity index (χ2n) is 2.19. The number of thiazole rings is 1. The predicted molar refractivity (Wildman–Crippen MR) is 57.5 cm³/mol. The molecule has 4 nitrogen and oxygen atoms in total. The topological polar surface area (TPSA) is 59.1 Å². The molecule has 0 radical (unpaired) electrons. The van der Waals surface area contributed by atoms with Crippen molar-refractivity contribution in [2.45, 2.75) is 4.21 Å². The molecule has 1 rings (SSSR count). The van der Waals surface area contributed by atoms with E-state index in [9.17, 15) is 8.42 Å². The summed E-state index contributed by atoms with van der Waals surface area (Å²) in [7, 11) is -3.61. The lowest BCUT2D eigenvalue weighted by atomic mass is 10.7. The summed E-state index contributed by atoms with van der Waals surface area (Å²) < 4.78 is 25.3. The first-order valence-electron chi connectivity index (χ1n) is 3.40. The fourth-order valence-corrected chi connectivity index (χ4v) is 3.72. The normalized spacial score (nSPS) is 11.6. The van der Waals surface area contributed by atoms with E-state index in [0.717, 1.165) is 11.3 Å². The molecule has 0 spiro atoms. The van der Waals surface area contributed by atoms with E-state index in [1.165, 1.54) is 6.08 Å². The molecule has 0 aliphatic carbocycles. The fourth-order valence-electron chi connectivity index (χ4n) is 0.664. The van der Waals surface area contributed by atoms with Crippen molar-refractivity contribution in [1.82, 2.24) is 9.71 Å². The third-order valence-corrected chi connectivity index (χ3v) is 4.78. The minimum absolute atomic E-state index is 0.0778. The quantitative estimate of drug-likeness (QED) is 0.852. The Morgan fingerprint density at radius 1 is 1.57 bits per heavy atom. The molecular weight excluding hydrogens is 267 g/mol. The van der Waals surface area contributed by atoms with E-state index in [2.05, 4.69) is 16.3 Å². The Bertz CT molecular complexity index is 441. The smallest absolute Gasteiger partial charge is 0.211 e. The van der Waals surface area contributed by atoms with Crippen LogP contribution in [-0.4, -0.2) is 19.9 Å². The predicted octanol–water partition coefficient (Wildman–Crippen LogP) is 1.91. The summed E-state index contributed by atoms with van der Waals surface area (Å²) in [6.45, 7) is 3.52. The summed E-state index contributed by atoms with van der Waals surface area (Å²) in [6, 6.07) is 0. The molecule has 0 unspecified atom stereocenters. The number of aromatic nitrogens is 1. The lowest BCUT2D eigenvalue weighted by Crippen LogP contribution is -2.23. The Hall–Kier alpha value is -0.140. The molecule has 1 aromatic heterocycles. The van der Waals surface area contributed by atoms with Crippen LogP contribution in [0.1, 0.15) is 0 Å². The molecule has 0 aliphatic heterocycles. The molecule has 78 valence electrons. The summed E-state index contributed by atoms with van der Waals surface area (Å²) in [6.07, 6.45) is 1.42. The number of sulfonamides is 1. The highest BCUT2D eigenvalue weighted by molar-refractivity contribution is 7.91. The molecule has 0 aromatic carbocycles. The van der Waals surface area contributed by atoms with Crippen molar-refractivity contribution in [2.24, 2.45) is 0 Å². The zero-order chi connectivity index (χ0) is 10.8. The highest BCUT2D eigenvalue weighted by Gasteiger charge is 2.21. The number of nitrogens with one attached hydrogen (secondary N) is 1. The van der Waals surface area contributed by atoms with Gasteiger partial charge in [-0.1, -0.05) is 40.6 Å². The molecule has 0 saturated heterocycles. The average molecular weight is 273 g/mol. The second-order valence-corrected chi connectivity index (χ2v) is 6.09. The molecule has 1 aromatic rings. The van der Waals surface area contributed by atoms with Gasteiger partial charge in [-0.2, -0.15) is 0 Å².